The van der Waals surface area contributed by atoms with Gasteiger partial charge in [-0.2, -0.15) is 4.98 Å². The van der Waals surface area contributed by atoms with Crippen LogP contribution in [0.3, 0.4) is 0 Å². The molecule has 1 aromatic heterocycles. The topological polar surface area (TPSA) is 108 Å². The lowest BCUT2D eigenvalue weighted by Crippen LogP contribution is -2.61. The highest BCUT2D eigenvalue weighted by atomic mass is 35.5. The van der Waals surface area contributed by atoms with Crippen molar-refractivity contribution in [2.45, 2.75) is 6.04 Å². The molecule has 0 spiro atoms. The summed E-state index contributed by atoms with van der Waals surface area (Å²) in [6.07, 6.45) is 0. The van der Waals surface area contributed by atoms with E-state index in [1.54, 1.807) is 24.1 Å². The first kappa shape index (κ1) is 25.5. The predicted molar refractivity (Wildman–Crippen MR) is 150 cm³/mol. The van der Waals surface area contributed by atoms with Crippen LogP contribution < -0.4 is 15.5 Å². The molecule has 3 N–H and O–H groups in total. The highest BCUT2D eigenvalue weighted by molar-refractivity contribution is 6.35. The van der Waals surface area contributed by atoms with Crippen LogP contribution in [0.2, 0.25) is 5.02 Å². The Morgan fingerprint density at radius 3 is 2.64 bits per heavy atom. The summed E-state index contributed by atoms with van der Waals surface area (Å²) in [6, 6.07) is 12.3. The molecule has 2 fully saturated rings. The minimum atomic E-state index is -0.584. The number of aromatic hydroxyl groups is 1. The second-order valence-electron chi connectivity index (χ2n) is 9.87. The molecule has 9 nitrogen and oxygen atoms in total. The fraction of sp³-hybridized carbons (Fsp3) is 0.321. The van der Waals surface area contributed by atoms with Crippen molar-refractivity contribution in [3.63, 3.8) is 0 Å². The molecule has 11 heteroatoms. The first-order valence-electron chi connectivity index (χ1n) is 12.8. The van der Waals surface area contributed by atoms with Crippen LogP contribution in [-0.2, 0) is 9.53 Å². The molecule has 1 amide bonds. The normalized spacial score (nSPS) is 16.1. The number of rotatable bonds is 5. The van der Waals surface area contributed by atoms with Gasteiger partial charge in [-0.1, -0.05) is 35.9 Å². The van der Waals surface area contributed by atoms with Crippen LogP contribution in [0.25, 0.3) is 32.8 Å². The van der Waals surface area contributed by atoms with Crippen LogP contribution in [0.1, 0.15) is 0 Å². The number of phenolic OH excluding ortho intramolecular Hbond substituents is 1. The third kappa shape index (κ3) is 4.48. The van der Waals surface area contributed by atoms with Crippen molar-refractivity contribution in [2.75, 3.05) is 62.8 Å². The van der Waals surface area contributed by atoms with E-state index in [4.69, 9.17) is 27.1 Å². The second kappa shape index (κ2) is 10.1. The number of ether oxygens (including phenoxy) is 1. The zero-order valence-corrected chi connectivity index (χ0v) is 22.2. The van der Waals surface area contributed by atoms with E-state index < -0.39 is 5.82 Å². The van der Waals surface area contributed by atoms with E-state index in [2.05, 4.69) is 9.88 Å². The van der Waals surface area contributed by atoms with Crippen LogP contribution in [0.4, 0.5) is 16.2 Å². The first-order chi connectivity index (χ1) is 18.9. The lowest BCUT2D eigenvalue weighted by Gasteiger charge is -2.44. The summed E-state index contributed by atoms with van der Waals surface area (Å²) in [5.74, 6) is 0.248. The van der Waals surface area contributed by atoms with Gasteiger partial charge < -0.3 is 30.3 Å². The number of hydrogen-bond acceptors (Lipinski definition) is 8. The average molecular weight is 551 g/mol. The van der Waals surface area contributed by atoms with Crippen molar-refractivity contribution >= 4 is 50.9 Å². The van der Waals surface area contributed by atoms with Gasteiger partial charge >= 0.3 is 0 Å². The zero-order chi connectivity index (χ0) is 27.3. The number of anilines is 2. The molecule has 39 heavy (non-hydrogen) atoms. The molecular weight excluding hydrogens is 523 g/mol. The molecule has 2 saturated heterocycles. The van der Waals surface area contributed by atoms with Crippen molar-refractivity contribution < 1.29 is 19.0 Å². The molecule has 3 heterocycles. The average Bonchev–Trinajstić information content (AvgIpc) is 2.92. The standard InChI is InChI=1S/C28H28ClFN6O3/c1-34(23(38)13-31)17-14-36(15-17)28-32-26-21(27(33-28)35-6-8-39-9-7-35)12-22(29)24(25(26)30)20-11-18(37)10-16-4-2-3-5-19(16)20/h2-5,10-12,17,37H,6-9,13-15,31H2,1H3. The molecule has 0 bridgehead atoms. The van der Waals surface area contributed by atoms with Crippen LogP contribution in [0.15, 0.2) is 42.5 Å². The minimum Gasteiger partial charge on any atom is -0.508 e. The maximum atomic E-state index is 16.6. The van der Waals surface area contributed by atoms with Crippen molar-refractivity contribution in [3.8, 4) is 16.9 Å². The van der Waals surface area contributed by atoms with Gasteiger partial charge in [0.2, 0.25) is 11.9 Å². The Labute approximate surface area is 229 Å². The number of nitrogens with zero attached hydrogens (tertiary/aromatic N) is 5. The van der Waals surface area contributed by atoms with Gasteiger partial charge in [0.15, 0.2) is 5.82 Å². The Kier molecular flexibility index (Phi) is 6.62. The Morgan fingerprint density at radius 2 is 1.90 bits per heavy atom. The van der Waals surface area contributed by atoms with E-state index in [-0.39, 0.29) is 40.3 Å². The smallest absolute Gasteiger partial charge is 0.236 e. The molecule has 3 aromatic carbocycles. The number of carbonyl (C=O) groups is 1. The molecule has 4 aromatic rings. The quantitative estimate of drug-likeness (QED) is 0.389. The molecule has 0 atom stereocenters. The third-order valence-electron chi connectivity index (χ3n) is 7.54. The number of carbonyl (C=O) groups excluding carboxylic acids is 1. The highest BCUT2D eigenvalue weighted by Gasteiger charge is 2.35. The maximum Gasteiger partial charge on any atom is 0.236 e. The Hall–Kier alpha value is -3.73. The summed E-state index contributed by atoms with van der Waals surface area (Å²) in [6.45, 7) is 3.22. The van der Waals surface area contributed by atoms with Crippen LogP contribution in [0.5, 0.6) is 5.75 Å². The molecule has 0 saturated carbocycles. The molecule has 6 rings (SSSR count). The Morgan fingerprint density at radius 1 is 1.15 bits per heavy atom. The maximum absolute atomic E-state index is 16.6. The second-order valence-corrected chi connectivity index (χ2v) is 10.3. The number of hydrogen-bond donors (Lipinski definition) is 2. The number of phenols is 1. The Balaban J connectivity index is 1.50. The van der Waals surface area contributed by atoms with Gasteiger partial charge in [-0.05, 0) is 34.5 Å². The van der Waals surface area contributed by atoms with E-state index in [9.17, 15) is 9.90 Å². The van der Waals surface area contributed by atoms with Crippen molar-refractivity contribution in [3.05, 3.63) is 53.3 Å². The lowest BCUT2D eigenvalue weighted by molar-refractivity contribution is -0.130. The minimum absolute atomic E-state index is 0.0133. The zero-order valence-electron chi connectivity index (χ0n) is 21.4. The van der Waals surface area contributed by atoms with Gasteiger partial charge in [-0.3, -0.25) is 4.79 Å². The summed E-state index contributed by atoms with van der Waals surface area (Å²) in [5, 5.41) is 12.6. The van der Waals surface area contributed by atoms with E-state index in [0.717, 1.165) is 10.8 Å². The number of halogens is 2. The molecule has 2 aliphatic rings. The number of fused-ring (bicyclic) bond motifs is 2. The Bertz CT molecular complexity index is 1590. The summed E-state index contributed by atoms with van der Waals surface area (Å²) >= 11 is 6.77. The van der Waals surface area contributed by atoms with E-state index in [0.29, 0.717) is 62.1 Å². The summed E-state index contributed by atoms with van der Waals surface area (Å²) in [5.41, 5.74) is 6.31. The van der Waals surface area contributed by atoms with Crippen LogP contribution in [0, 0.1) is 5.82 Å². The summed E-state index contributed by atoms with van der Waals surface area (Å²) < 4.78 is 22.1. The molecule has 0 unspecified atom stereocenters. The van der Waals surface area contributed by atoms with Crippen molar-refractivity contribution in [1.29, 1.82) is 0 Å². The van der Waals surface area contributed by atoms with Crippen LogP contribution in [-0.4, -0.2) is 84.9 Å². The third-order valence-corrected chi connectivity index (χ3v) is 7.84. The number of likely N-dealkylation sites (N-methyl/N-ethyl adjacent to an activating group) is 1. The number of benzene rings is 3. The van der Waals surface area contributed by atoms with Gasteiger partial charge in [0, 0.05) is 44.2 Å². The van der Waals surface area contributed by atoms with Gasteiger partial charge in [0.05, 0.1) is 30.8 Å². The molecule has 0 aliphatic carbocycles. The van der Waals surface area contributed by atoms with Gasteiger partial charge in [0.1, 0.15) is 17.1 Å². The molecular formula is C28H28ClFN6O3. The summed E-state index contributed by atoms with van der Waals surface area (Å²) in [7, 11) is 1.73. The number of nitrogens with two attached hydrogens (primary N) is 1. The monoisotopic (exact) mass is 550 g/mol. The predicted octanol–water partition coefficient (Wildman–Crippen LogP) is 3.39. The van der Waals surface area contributed by atoms with Crippen molar-refractivity contribution in [1.82, 2.24) is 14.9 Å². The van der Waals surface area contributed by atoms with E-state index in [1.807, 2.05) is 29.2 Å². The number of amides is 1. The highest BCUT2D eigenvalue weighted by Crippen LogP contribution is 2.42. The largest absolute Gasteiger partial charge is 0.508 e. The van der Waals surface area contributed by atoms with Gasteiger partial charge in [0.25, 0.3) is 0 Å². The fourth-order valence-electron chi connectivity index (χ4n) is 5.29. The number of morpholine rings is 1. The van der Waals surface area contributed by atoms with E-state index >= 15 is 4.39 Å². The van der Waals surface area contributed by atoms with Crippen LogP contribution >= 0.6 is 11.6 Å². The first-order valence-corrected chi connectivity index (χ1v) is 13.2. The SMILES string of the molecule is CN(C(=O)CN)C1CN(c2nc(N3CCOCC3)c3cc(Cl)c(-c4cc(O)cc5ccccc45)c(F)c3n2)C1. The van der Waals surface area contributed by atoms with Gasteiger partial charge in [-0.15, -0.1) is 0 Å². The fourth-order valence-corrected chi connectivity index (χ4v) is 5.58. The molecule has 2 aliphatic heterocycles. The van der Waals surface area contributed by atoms with E-state index in [1.165, 1.54) is 6.07 Å². The molecule has 0 radical (unpaired) electrons. The van der Waals surface area contributed by atoms with Gasteiger partial charge in [-0.25, -0.2) is 9.37 Å². The van der Waals surface area contributed by atoms with Crippen molar-refractivity contribution in [2.24, 2.45) is 5.73 Å². The number of aromatic nitrogens is 2. The molecule has 202 valence electrons. The summed E-state index contributed by atoms with van der Waals surface area (Å²) in [4.78, 5) is 27.2. The lowest BCUT2D eigenvalue weighted by atomic mass is 9.96.